The van der Waals surface area contributed by atoms with Crippen LogP contribution >= 0.6 is 0 Å². The lowest BCUT2D eigenvalue weighted by molar-refractivity contribution is -0.141. The Labute approximate surface area is 140 Å². The smallest absolute Gasteiger partial charge is 0.306 e. The Bertz CT molecular complexity index is 744. The number of anilines is 2. The summed E-state index contributed by atoms with van der Waals surface area (Å²) in [6.45, 7) is 0.479. The lowest BCUT2D eigenvalue weighted by atomic mass is 10.0. The quantitative estimate of drug-likeness (QED) is 0.858. The molecular formula is C16H20N2O5S. The van der Waals surface area contributed by atoms with Crippen LogP contribution in [0, 0.1) is 11.8 Å². The minimum absolute atomic E-state index is 0.165. The molecule has 0 aromatic heterocycles. The molecule has 1 saturated heterocycles. The summed E-state index contributed by atoms with van der Waals surface area (Å²) in [5, 5.41) is 11.8. The summed E-state index contributed by atoms with van der Waals surface area (Å²) in [4.78, 5) is 23.2. The lowest BCUT2D eigenvalue weighted by Gasteiger charge is -2.17. The molecule has 1 amide bonds. The van der Waals surface area contributed by atoms with Gasteiger partial charge in [0.25, 0.3) is 0 Å². The van der Waals surface area contributed by atoms with Crippen molar-refractivity contribution in [3.63, 3.8) is 0 Å². The number of sulfonamides is 1. The van der Waals surface area contributed by atoms with Crippen LogP contribution in [-0.2, 0) is 19.6 Å². The van der Waals surface area contributed by atoms with Crippen LogP contribution in [0.5, 0.6) is 0 Å². The maximum Gasteiger partial charge on any atom is 0.306 e. The average molecular weight is 352 g/mol. The maximum atomic E-state index is 12.2. The van der Waals surface area contributed by atoms with E-state index in [1.165, 1.54) is 4.31 Å². The molecule has 1 aromatic carbocycles. The molecule has 8 heteroatoms. The molecule has 0 bridgehead atoms. The number of hydrogen-bond acceptors (Lipinski definition) is 4. The minimum atomic E-state index is -3.21. The van der Waals surface area contributed by atoms with Crippen LogP contribution < -0.4 is 9.62 Å². The summed E-state index contributed by atoms with van der Waals surface area (Å²) in [5.74, 6) is -1.59. The van der Waals surface area contributed by atoms with Gasteiger partial charge in [0.15, 0.2) is 0 Å². The topological polar surface area (TPSA) is 104 Å². The molecule has 3 rings (SSSR count). The van der Waals surface area contributed by atoms with Gasteiger partial charge in [0, 0.05) is 18.2 Å². The molecule has 0 radical (unpaired) electrons. The van der Waals surface area contributed by atoms with Gasteiger partial charge in [-0.25, -0.2) is 8.42 Å². The molecule has 0 unspecified atom stereocenters. The Morgan fingerprint density at radius 2 is 1.79 bits per heavy atom. The van der Waals surface area contributed by atoms with Gasteiger partial charge in [-0.15, -0.1) is 0 Å². The number of carboxylic acid groups (broad SMARTS) is 1. The zero-order chi connectivity index (χ0) is 17.3. The Balaban J connectivity index is 1.62. The zero-order valence-corrected chi connectivity index (χ0v) is 14.0. The Morgan fingerprint density at radius 3 is 2.33 bits per heavy atom. The van der Waals surface area contributed by atoms with E-state index < -0.39 is 21.9 Å². The van der Waals surface area contributed by atoms with Crippen molar-refractivity contribution >= 4 is 33.3 Å². The highest BCUT2D eigenvalue weighted by Crippen LogP contribution is 2.32. The molecule has 1 heterocycles. The number of nitrogens with one attached hydrogen (secondary N) is 1. The molecular weight excluding hydrogens is 332 g/mol. The lowest BCUT2D eigenvalue weighted by Crippen LogP contribution is -2.25. The van der Waals surface area contributed by atoms with Crippen molar-refractivity contribution in [2.75, 3.05) is 21.9 Å². The van der Waals surface area contributed by atoms with Crippen molar-refractivity contribution in [3.8, 4) is 0 Å². The third-order valence-electron chi connectivity index (χ3n) is 4.67. The van der Waals surface area contributed by atoms with Gasteiger partial charge in [-0.3, -0.25) is 13.9 Å². The number of carbonyl (C=O) groups is 2. The van der Waals surface area contributed by atoms with Gasteiger partial charge in [-0.05, 0) is 49.9 Å². The Morgan fingerprint density at radius 1 is 1.12 bits per heavy atom. The second-order valence-corrected chi connectivity index (χ2v) is 8.34. The van der Waals surface area contributed by atoms with Crippen molar-refractivity contribution < 1.29 is 23.1 Å². The summed E-state index contributed by atoms with van der Waals surface area (Å²) in [7, 11) is -3.21. The second-order valence-electron chi connectivity index (χ2n) is 6.32. The molecule has 1 aliphatic heterocycles. The third kappa shape index (κ3) is 3.38. The molecule has 2 atom stereocenters. The van der Waals surface area contributed by atoms with Crippen molar-refractivity contribution in [2.24, 2.45) is 11.8 Å². The number of hydrogen-bond donors (Lipinski definition) is 2. The van der Waals surface area contributed by atoms with E-state index in [9.17, 15) is 18.0 Å². The summed E-state index contributed by atoms with van der Waals surface area (Å²) in [6, 6.07) is 6.69. The highest BCUT2D eigenvalue weighted by Gasteiger charge is 2.34. The van der Waals surface area contributed by atoms with E-state index in [2.05, 4.69) is 5.32 Å². The van der Waals surface area contributed by atoms with Gasteiger partial charge in [0.2, 0.25) is 15.9 Å². The molecule has 2 fully saturated rings. The van der Waals surface area contributed by atoms with E-state index >= 15 is 0 Å². The third-order valence-corrected chi connectivity index (χ3v) is 6.54. The first-order valence-electron chi connectivity index (χ1n) is 8.01. The molecule has 1 saturated carbocycles. The SMILES string of the molecule is O=C(O)[C@@H]1CC[C@H](C(=O)Nc2ccc(N3CCCS3(=O)=O)cc2)C1. The van der Waals surface area contributed by atoms with Crippen LogP contribution in [0.2, 0.25) is 0 Å². The first-order valence-corrected chi connectivity index (χ1v) is 9.62. The van der Waals surface area contributed by atoms with Gasteiger partial charge < -0.3 is 10.4 Å². The molecule has 1 aromatic rings. The van der Waals surface area contributed by atoms with Crippen LogP contribution in [0.3, 0.4) is 0 Å². The normalized spacial score (nSPS) is 25.6. The van der Waals surface area contributed by atoms with E-state index in [1.54, 1.807) is 24.3 Å². The van der Waals surface area contributed by atoms with E-state index in [-0.39, 0.29) is 17.6 Å². The minimum Gasteiger partial charge on any atom is -0.481 e. The average Bonchev–Trinajstić information content (AvgIpc) is 3.14. The van der Waals surface area contributed by atoms with E-state index in [1.807, 2.05) is 0 Å². The van der Waals surface area contributed by atoms with Crippen LogP contribution in [-0.4, -0.2) is 37.7 Å². The highest BCUT2D eigenvalue weighted by molar-refractivity contribution is 7.93. The number of aliphatic carboxylic acids is 1. The van der Waals surface area contributed by atoms with Crippen molar-refractivity contribution in [1.29, 1.82) is 0 Å². The maximum absolute atomic E-state index is 12.2. The Hall–Kier alpha value is -2.09. The summed E-state index contributed by atoms with van der Waals surface area (Å²) in [5.41, 5.74) is 1.18. The van der Waals surface area contributed by atoms with Crippen LogP contribution in [0.15, 0.2) is 24.3 Å². The number of rotatable bonds is 4. The fourth-order valence-electron chi connectivity index (χ4n) is 3.33. The van der Waals surface area contributed by atoms with E-state index in [0.717, 1.165) is 0 Å². The highest BCUT2D eigenvalue weighted by atomic mass is 32.2. The predicted molar refractivity (Wildman–Crippen MR) is 89.3 cm³/mol. The van der Waals surface area contributed by atoms with Gasteiger partial charge in [0.1, 0.15) is 0 Å². The molecule has 2 N–H and O–H groups in total. The number of nitrogens with zero attached hydrogens (tertiary/aromatic N) is 1. The van der Waals surface area contributed by atoms with Crippen molar-refractivity contribution in [3.05, 3.63) is 24.3 Å². The van der Waals surface area contributed by atoms with E-state index in [4.69, 9.17) is 5.11 Å². The number of carbonyl (C=O) groups excluding carboxylic acids is 1. The van der Waals surface area contributed by atoms with Crippen molar-refractivity contribution in [1.82, 2.24) is 0 Å². The molecule has 24 heavy (non-hydrogen) atoms. The van der Waals surface area contributed by atoms with Crippen molar-refractivity contribution in [2.45, 2.75) is 25.7 Å². The van der Waals surface area contributed by atoms with Crippen LogP contribution in [0.25, 0.3) is 0 Å². The molecule has 7 nitrogen and oxygen atoms in total. The van der Waals surface area contributed by atoms with Gasteiger partial charge >= 0.3 is 5.97 Å². The van der Waals surface area contributed by atoms with Crippen LogP contribution in [0.4, 0.5) is 11.4 Å². The van der Waals surface area contributed by atoms with Gasteiger partial charge in [0.05, 0.1) is 17.4 Å². The largest absolute Gasteiger partial charge is 0.481 e. The first kappa shape index (κ1) is 16.8. The molecule has 130 valence electrons. The van der Waals surface area contributed by atoms with Gasteiger partial charge in [-0.1, -0.05) is 0 Å². The Kier molecular flexibility index (Phi) is 4.49. The molecule has 1 aliphatic carbocycles. The molecule has 2 aliphatic rings. The van der Waals surface area contributed by atoms with Crippen LogP contribution in [0.1, 0.15) is 25.7 Å². The number of amides is 1. The first-order chi connectivity index (χ1) is 11.4. The molecule has 0 spiro atoms. The fraction of sp³-hybridized carbons (Fsp3) is 0.500. The zero-order valence-electron chi connectivity index (χ0n) is 13.1. The summed E-state index contributed by atoms with van der Waals surface area (Å²) < 4.78 is 25.2. The predicted octanol–water partition coefficient (Wildman–Crippen LogP) is 1.67. The van der Waals surface area contributed by atoms with Gasteiger partial charge in [-0.2, -0.15) is 0 Å². The summed E-state index contributed by atoms with van der Waals surface area (Å²) in [6.07, 6.45) is 2.09. The number of benzene rings is 1. The fourth-order valence-corrected chi connectivity index (χ4v) is 4.89. The standard InChI is InChI=1S/C16H20N2O5S/c19-15(11-2-3-12(10-11)16(20)21)17-13-4-6-14(7-5-13)18-8-1-9-24(18,22)23/h4-7,11-12H,1-3,8-10H2,(H,17,19)(H,20,21)/t11-,12+/m0/s1. The number of carboxylic acids is 1. The monoisotopic (exact) mass is 352 g/mol. The second kappa shape index (κ2) is 6.43. The van der Waals surface area contributed by atoms with E-state index in [0.29, 0.717) is 43.6 Å². The summed E-state index contributed by atoms with van der Waals surface area (Å²) >= 11 is 0.